The molecule has 0 fully saturated rings. The molecule has 1 atom stereocenters. The van der Waals surface area contributed by atoms with E-state index in [1.165, 1.54) is 25.3 Å². The topological polar surface area (TPSA) is 88.4 Å². The number of amides is 1. The zero-order valence-electron chi connectivity index (χ0n) is 16.6. The molecular formula is C21H26N2O4S. The minimum absolute atomic E-state index is 0.0492. The van der Waals surface area contributed by atoms with E-state index in [2.05, 4.69) is 23.9 Å². The summed E-state index contributed by atoms with van der Waals surface area (Å²) in [6, 6.07) is 8.25. The van der Waals surface area contributed by atoms with E-state index >= 15 is 0 Å². The average Bonchev–Trinajstić information content (AvgIpc) is 2.99. The Morgan fingerprint density at radius 2 is 1.93 bits per heavy atom. The summed E-state index contributed by atoms with van der Waals surface area (Å²) >= 11 is 0. The molecule has 0 saturated carbocycles. The normalized spacial score (nSPS) is 18.8. The number of benzene rings is 1. The van der Waals surface area contributed by atoms with Crippen molar-refractivity contribution in [3.8, 4) is 0 Å². The van der Waals surface area contributed by atoms with E-state index in [4.69, 9.17) is 4.42 Å². The van der Waals surface area contributed by atoms with Gasteiger partial charge in [-0.25, -0.2) is 13.1 Å². The summed E-state index contributed by atoms with van der Waals surface area (Å²) in [6.45, 7) is 6.26. The van der Waals surface area contributed by atoms with E-state index in [1.54, 1.807) is 18.2 Å². The molecular weight excluding hydrogens is 376 g/mol. The van der Waals surface area contributed by atoms with Gasteiger partial charge in [-0.05, 0) is 55.6 Å². The second-order valence-corrected chi connectivity index (χ2v) is 9.84. The van der Waals surface area contributed by atoms with Crippen LogP contribution in [-0.2, 0) is 21.2 Å². The number of fused-ring (bicyclic) bond motifs is 1. The monoisotopic (exact) mass is 402 g/mol. The van der Waals surface area contributed by atoms with Crippen LogP contribution < -0.4 is 10.0 Å². The maximum atomic E-state index is 12.5. The van der Waals surface area contributed by atoms with Gasteiger partial charge in [0.25, 0.3) is 0 Å². The first-order chi connectivity index (χ1) is 13.1. The molecule has 2 aromatic rings. The van der Waals surface area contributed by atoms with E-state index < -0.39 is 10.0 Å². The van der Waals surface area contributed by atoms with Crippen molar-refractivity contribution in [1.82, 2.24) is 10.0 Å². The lowest BCUT2D eigenvalue weighted by atomic mass is 9.74. The summed E-state index contributed by atoms with van der Waals surface area (Å²) in [6.07, 6.45) is 4.84. The number of aryl methyl sites for hydroxylation is 1. The van der Waals surface area contributed by atoms with Gasteiger partial charge in [0, 0.05) is 18.1 Å². The first-order valence-corrected chi connectivity index (χ1v) is 10.7. The molecule has 2 N–H and O–H groups in total. The largest absolute Gasteiger partial charge is 0.466 e. The van der Waals surface area contributed by atoms with Crippen molar-refractivity contribution in [3.63, 3.8) is 0 Å². The maximum absolute atomic E-state index is 12.5. The lowest BCUT2D eigenvalue weighted by Gasteiger charge is -2.34. The summed E-state index contributed by atoms with van der Waals surface area (Å²) in [5, 5.41) is 3.07. The van der Waals surface area contributed by atoms with E-state index in [9.17, 15) is 13.2 Å². The second-order valence-electron chi connectivity index (χ2n) is 7.95. The number of carbonyl (C=O) groups is 1. The predicted octanol–water partition coefficient (Wildman–Crippen LogP) is 3.34. The Balaban J connectivity index is 1.70. The highest BCUT2D eigenvalue weighted by Gasteiger charge is 2.35. The Bertz CT molecular complexity index is 1000. The Labute approximate surface area is 166 Å². The molecule has 150 valence electrons. The van der Waals surface area contributed by atoms with Crippen LogP contribution in [0.1, 0.15) is 49.0 Å². The molecule has 28 heavy (non-hydrogen) atoms. The van der Waals surface area contributed by atoms with Crippen molar-refractivity contribution < 1.29 is 17.6 Å². The molecule has 1 aliphatic carbocycles. The van der Waals surface area contributed by atoms with E-state index in [0.717, 1.165) is 35.5 Å². The molecule has 7 heteroatoms. The van der Waals surface area contributed by atoms with Gasteiger partial charge in [-0.15, -0.1) is 0 Å². The number of nitrogens with one attached hydrogen (secondary N) is 2. The minimum atomic E-state index is -3.47. The fourth-order valence-corrected chi connectivity index (χ4v) is 4.31. The van der Waals surface area contributed by atoms with Crippen molar-refractivity contribution in [2.75, 3.05) is 7.05 Å². The van der Waals surface area contributed by atoms with Crippen molar-refractivity contribution in [1.29, 1.82) is 0 Å². The molecule has 1 aromatic heterocycles. The zero-order valence-corrected chi connectivity index (χ0v) is 17.4. The van der Waals surface area contributed by atoms with Crippen LogP contribution in [0.15, 0.2) is 45.7 Å². The summed E-state index contributed by atoms with van der Waals surface area (Å²) in [7, 11) is -2.10. The van der Waals surface area contributed by atoms with Crippen LogP contribution in [0.5, 0.6) is 0 Å². The summed E-state index contributed by atoms with van der Waals surface area (Å²) < 4.78 is 31.6. The Hall–Kier alpha value is -2.38. The van der Waals surface area contributed by atoms with Crippen LogP contribution in [0.2, 0.25) is 0 Å². The highest BCUT2D eigenvalue weighted by Crippen LogP contribution is 2.41. The standard InChI is InChI=1S/C21H26N2O4S/c1-14-11-17-18(12-21(2,3)13-19(17)27-14)23-20(24)10-7-15-5-8-16(9-6-15)28(25,26)22-4/h5-11,18,22H,12-13H2,1-4H3,(H,23,24)/b10-7+. The third-order valence-electron chi connectivity index (χ3n) is 4.94. The first kappa shape index (κ1) is 20.4. The Morgan fingerprint density at radius 3 is 2.57 bits per heavy atom. The highest BCUT2D eigenvalue weighted by molar-refractivity contribution is 7.89. The molecule has 0 bridgehead atoms. The Kier molecular flexibility index (Phi) is 5.50. The van der Waals surface area contributed by atoms with Gasteiger partial charge in [0.2, 0.25) is 15.9 Å². The molecule has 1 unspecified atom stereocenters. The average molecular weight is 403 g/mol. The maximum Gasteiger partial charge on any atom is 0.244 e. The van der Waals surface area contributed by atoms with Crippen LogP contribution in [0.25, 0.3) is 6.08 Å². The number of hydrogen-bond acceptors (Lipinski definition) is 4. The number of hydrogen-bond donors (Lipinski definition) is 2. The summed E-state index contributed by atoms with van der Waals surface area (Å²) in [4.78, 5) is 12.6. The molecule has 6 nitrogen and oxygen atoms in total. The van der Waals surface area contributed by atoms with E-state index in [1.807, 2.05) is 13.0 Å². The number of rotatable bonds is 5. The number of sulfonamides is 1. The quantitative estimate of drug-likeness (QED) is 0.751. The molecule has 1 aliphatic rings. The first-order valence-electron chi connectivity index (χ1n) is 9.21. The fraction of sp³-hybridized carbons (Fsp3) is 0.381. The Morgan fingerprint density at radius 1 is 1.25 bits per heavy atom. The molecule has 0 aliphatic heterocycles. The molecule has 0 radical (unpaired) electrons. The zero-order chi connectivity index (χ0) is 20.5. The van der Waals surface area contributed by atoms with Gasteiger partial charge in [0.1, 0.15) is 11.5 Å². The lowest BCUT2D eigenvalue weighted by molar-refractivity contribution is -0.117. The molecule has 1 aromatic carbocycles. The van der Waals surface area contributed by atoms with Crippen LogP contribution in [0.3, 0.4) is 0 Å². The van der Waals surface area contributed by atoms with Crippen LogP contribution in [0.4, 0.5) is 0 Å². The molecule has 3 rings (SSSR count). The van der Waals surface area contributed by atoms with Crippen molar-refractivity contribution >= 4 is 22.0 Å². The van der Waals surface area contributed by atoms with Crippen LogP contribution in [-0.4, -0.2) is 21.4 Å². The predicted molar refractivity (Wildman–Crippen MR) is 108 cm³/mol. The van der Waals surface area contributed by atoms with Gasteiger partial charge in [-0.2, -0.15) is 0 Å². The fourth-order valence-electron chi connectivity index (χ4n) is 3.58. The van der Waals surface area contributed by atoms with Crippen molar-refractivity contribution in [2.24, 2.45) is 5.41 Å². The van der Waals surface area contributed by atoms with Gasteiger partial charge in [0.05, 0.1) is 10.9 Å². The van der Waals surface area contributed by atoms with Gasteiger partial charge in [0.15, 0.2) is 0 Å². The van der Waals surface area contributed by atoms with Gasteiger partial charge < -0.3 is 9.73 Å². The van der Waals surface area contributed by atoms with E-state index in [0.29, 0.717) is 0 Å². The van der Waals surface area contributed by atoms with Crippen molar-refractivity contribution in [2.45, 2.75) is 44.6 Å². The molecule has 1 amide bonds. The summed E-state index contributed by atoms with van der Waals surface area (Å²) in [5.74, 6) is 1.61. The molecule has 1 heterocycles. The molecule has 0 spiro atoms. The third-order valence-corrected chi connectivity index (χ3v) is 6.37. The van der Waals surface area contributed by atoms with Gasteiger partial charge in [-0.3, -0.25) is 4.79 Å². The minimum Gasteiger partial charge on any atom is -0.466 e. The lowest BCUT2D eigenvalue weighted by Crippen LogP contribution is -2.35. The SMILES string of the molecule is CNS(=O)(=O)c1ccc(/C=C/C(=O)NC2CC(C)(C)Cc3oc(C)cc32)cc1. The third kappa shape index (κ3) is 4.54. The van der Waals surface area contributed by atoms with Crippen LogP contribution in [0, 0.1) is 12.3 Å². The second kappa shape index (κ2) is 7.56. The van der Waals surface area contributed by atoms with E-state index in [-0.39, 0.29) is 22.3 Å². The van der Waals surface area contributed by atoms with Crippen molar-refractivity contribution in [3.05, 3.63) is 59.1 Å². The van der Waals surface area contributed by atoms with Gasteiger partial charge in [-0.1, -0.05) is 26.0 Å². The number of carbonyl (C=O) groups excluding carboxylic acids is 1. The smallest absolute Gasteiger partial charge is 0.244 e. The number of furan rings is 1. The molecule has 0 saturated heterocycles. The van der Waals surface area contributed by atoms with Gasteiger partial charge >= 0.3 is 0 Å². The highest BCUT2D eigenvalue weighted by atomic mass is 32.2. The summed E-state index contributed by atoms with van der Waals surface area (Å²) in [5.41, 5.74) is 1.85. The van der Waals surface area contributed by atoms with Crippen LogP contribution >= 0.6 is 0 Å².